The molecular weight excluding hydrogens is 252 g/mol. The van der Waals surface area contributed by atoms with Crippen molar-refractivity contribution in [3.8, 4) is 0 Å². The van der Waals surface area contributed by atoms with Gasteiger partial charge in [0.1, 0.15) is 0 Å². The third-order valence-corrected chi connectivity index (χ3v) is 3.37. The van der Waals surface area contributed by atoms with E-state index in [4.69, 9.17) is 0 Å². The van der Waals surface area contributed by atoms with Gasteiger partial charge in [-0.1, -0.05) is 19.9 Å². The van der Waals surface area contributed by atoms with E-state index >= 15 is 0 Å². The number of nitrogens with one attached hydrogen (secondary N) is 1. The zero-order valence-corrected chi connectivity index (χ0v) is 12.9. The van der Waals surface area contributed by atoms with Gasteiger partial charge in [0, 0.05) is 38.5 Å². The highest BCUT2D eigenvalue weighted by molar-refractivity contribution is 5.95. The maximum Gasteiger partial charge on any atom is 0.251 e. The van der Waals surface area contributed by atoms with E-state index in [9.17, 15) is 9.90 Å². The van der Waals surface area contributed by atoms with Crippen molar-refractivity contribution in [1.82, 2.24) is 5.32 Å². The number of nitrogens with zero attached hydrogens (tertiary/aromatic N) is 1. The number of anilines is 1. The Morgan fingerprint density at radius 3 is 2.65 bits per heavy atom. The molecule has 0 fully saturated rings. The average molecular weight is 278 g/mol. The summed E-state index contributed by atoms with van der Waals surface area (Å²) in [5.41, 5.74) is 1.62. The molecule has 0 unspecified atom stereocenters. The van der Waals surface area contributed by atoms with Crippen molar-refractivity contribution in [3.63, 3.8) is 0 Å². The normalized spacial score (nSPS) is 11.2. The summed E-state index contributed by atoms with van der Waals surface area (Å²) in [5, 5.41) is 12.1. The minimum absolute atomic E-state index is 0.0458. The fourth-order valence-electron chi connectivity index (χ4n) is 1.88. The molecule has 0 saturated carbocycles. The molecular formula is C16H26N2O2. The Hall–Kier alpha value is -1.55. The van der Waals surface area contributed by atoms with Gasteiger partial charge in [-0.2, -0.15) is 0 Å². The minimum atomic E-state index is -0.0738. The molecule has 1 amide bonds. The van der Waals surface area contributed by atoms with Gasteiger partial charge >= 0.3 is 0 Å². The summed E-state index contributed by atoms with van der Waals surface area (Å²) in [7, 11) is 3.90. The Morgan fingerprint density at radius 2 is 2.05 bits per heavy atom. The molecule has 0 spiro atoms. The number of rotatable bonds is 7. The van der Waals surface area contributed by atoms with Crippen molar-refractivity contribution in [2.75, 3.05) is 32.1 Å². The molecule has 0 aliphatic rings. The second-order valence-electron chi connectivity index (χ2n) is 6.13. The number of hydrogen-bond acceptors (Lipinski definition) is 3. The largest absolute Gasteiger partial charge is 0.396 e. The highest BCUT2D eigenvalue weighted by Crippen LogP contribution is 2.20. The molecule has 0 heterocycles. The zero-order chi connectivity index (χ0) is 15.2. The third kappa shape index (κ3) is 5.21. The third-order valence-electron chi connectivity index (χ3n) is 3.37. The van der Waals surface area contributed by atoms with Crippen molar-refractivity contribution in [2.24, 2.45) is 5.41 Å². The van der Waals surface area contributed by atoms with Gasteiger partial charge in [-0.15, -0.1) is 0 Å². The summed E-state index contributed by atoms with van der Waals surface area (Å²) in [6.07, 6.45) is 1.76. The molecule has 0 aliphatic carbocycles. The highest BCUT2D eigenvalue weighted by atomic mass is 16.3. The van der Waals surface area contributed by atoms with E-state index in [0.29, 0.717) is 12.1 Å². The van der Waals surface area contributed by atoms with E-state index < -0.39 is 0 Å². The summed E-state index contributed by atoms with van der Waals surface area (Å²) in [4.78, 5) is 14.0. The second-order valence-corrected chi connectivity index (χ2v) is 6.13. The lowest BCUT2D eigenvalue weighted by atomic mass is 9.89. The lowest BCUT2D eigenvalue weighted by molar-refractivity contribution is 0.0948. The molecule has 112 valence electrons. The molecule has 0 saturated heterocycles. The Labute approximate surface area is 121 Å². The topological polar surface area (TPSA) is 52.6 Å². The number of carbonyl (C=O) groups is 1. The Morgan fingerprint density at radius 1 is 1.35 bits per heavy atom. The fourth-order valence-corrected chi connectivity index (χ4v) is 1.88. The number of aliphatic hydroxyl groups is 1. The van der Waals surface area contributed by atoms with Crippen LogP contribution in [0.2, 0.25) is 0 Å². The van der Waals surface area contributed by atoms with E-state index in [-0.39, 0.29) is 17.9 Å². The smallest absolute Gasteiger partial charge is 0.251 e. The van der Waals surface area contributed by atoms with Gasteiger partial charge in [-0.25, -0.2) is 0 Å². The first-order valence-electron chi connectivity index (χ1n) is 7.02. The quantitative estimate of drug-likeness (QED) is 0.752. The zero-order valence-electron chi connectivity index (χ0n) is 12.9. The molecule has 20 heavy (non-hydrogen) atoms. The molecule has 4 heteroatoms. The fraction of sp³-hybridized carbons (Fsp3) is 0.562. The van der Waals surface area contributed by atoms with E-state index in [1.807, 2.05) is 57.1 Å². The first-order valence-corrected chi connectivity index (χ1v) is 7.02. The van der Waals surface area contributed by atoms with Crippen LogP contribution < -0.4 is 10.2 Å². The van der Waals surface area contributed by atoms with Crippen LogP contribution in [-0.4, -0.2) is 38.3 Å². The van der Waals surface area contributed by atoms with E-state index in [1.165, 1.54) is 0 Å². The minimum Gasteiger partial charge on any atom is -0.396 e. The summed E-state index contributed by atoms with van der Waals surface area (Å²) in [6.45, 7) is 4.85. The van der Waals surface area contributed by atoms with Crippen LogP contribution in [0.15, 0.2) is 24.3 Å². The molecule has 1 aromatic carbocycles. The number of amides is 1. The van der Waals surface area contributed by atoms with Crippen LogP contribution in [-0.2, 0) is 0 Å². The van der Waals surface area contributed by atoms with Crippen LogP contribution in [0, 0.1) is 5.41 Å². The van der Waals surface area contributed by atoms with Crippen LogP contribution in [0.3, 0.4) is 0 Å². The molecule has 0 radical (unpaired) electrons. The number of carbonyl (C=O) groups excluding carboxylic acids is 1. The van der Waals surface area contributed by atoms with E-state index in [2.05, 4.69) is 5.32 Å². The number of benzene rings is 1. The van der Waals surface area contributed by atoms with Crippen LogP contribution in [0.4, 0.5) is 5.69 Å². The van der Waals surface area contributed by atoms with Crippen LogP contribution in [0.5, 0.6) is 0 Å². The maximum atomic E-state index is 12.0. The molecule has 1 rings (SSSR count). The Kier molecular flexibility index (Phi) is 6.02. The van der Waals surface area contributed by atoms with Crippen molar-refractivity contribution in [1.29, 1.82) is 0 Å². The van der Waals surface area contributed by atoms with Crippen LogP contribution in [0.1, 0.15) is 37.0 Å². The van der Waals surface area contributed by atoms with E-state index in [0.717, 1.165) is 18.5 Å². The summed E-state index contributed by atoms with van der Waals surface area (Å²) < 4.78 is 0. The van der Waals surface area contributed by atoms with Crippen LogP contribution >= 0.6 is 0 Å². The molecule has 4 nitrogen and oxygen atoms in total. The predicted octanol–water partition coefficient (Wildman–Crippen LogP) is 2.28. The Balaban J connectivity index is 2.45. The van der Waals surface area contributed by atoms with Crippen molar-refractivity contribution in [2.45, 2.75) is 26.7 Å². The molecule has 2 N–H and O–H groups in total. The van der Waals surface area contributed by atoms with Gasteiger partial charge in [0.25, 0.3) is 5.91 Å². The maximum absolute atomic E-state index is 12.0. The number of hydrogen-bond donors (Lipinski definition) is 2. The Bertz CT molecular complexity index is 442. The van der Waals surface area contributed by atoms with Crippen molar-refractivity contribution in [3.05, 3.63) is 29.8 Å². The van der Waals surface area contributed by atoms with Gasteiger partial charge in [0.15, 0.2) is 0 Å². The van der Waals surface area contributed by atoms with Gasteiger partial charge in [-0.05, 0) is 36.5 Å². The second kappa shape index (κ2) is 7.29. The SMILES string of the molecule is CN(C)c1cccc(C(=O)NCCCC(C)(C)CO)c1. The van der Waals surface area contributed by atoms with Gasteiger partial charge < -0.3 is 15.3 Å². The van der Waals surface area contributed by atoms with E-state index in [1.54, 1.807) is 0 Å². The van der Waals surface area contributed by atoms with Crippen molar-refractivity contribution >= 4 is 11.6 Å². The molecule has 0 atom stereocenters. The van der Waals surface area contributed by atoms with Crippen molar-refractivity contribution < 1.29 is 9.90 Å². The highest BCUT2D eigenvalue weighted by Gasteiger charge is 2.15. The molecule has 0 aromatic heterocycles. The van der Waals surface area contributed by atoms with Gasteiger partial charge in [0.05, 0.1) is 0 Å². The summed E-state index contributed by atoms with van der Waals surface area (Å²) >= 11 is 0. The van der Waals surface area contributed by atoms with Gasteiger partial charge in [-0.3, -0.25) is 4.79 Å². The lowest BCUT2D eigenvalue weighted by Crippen LogP contribution is -2.26. The average Bonchev–Trinajstić information content (AvgIpc) is 2.43. The summed E-state index contributed by atoms with van der Waals surface area (Å²) in [6, 6.07) is 7.56. The molecule has 0 bridgehead atoms. The number of aliphatic hydroxyl groups excluding tert-OH is 1. The molecule has 1 aromatic rings. The predicted molar refractivity (Wildman–Crippen MR) is 83.2 cm³/mol. The standard InChI is InChI=1S/C16H26N2O2/c1-16(2,12-19)9-6-10-17-15(20)13-7-5-8-14(11-13)18(3)4/h5,7-8,11,19H,6,9-10,12H2,1-4H3,(H,17,20). The first kappa shape index (κ1) is 16.5. The lowest BCUT2D eigenvalue weighted by Gasteiger charge is -2.21. The van der Waals surface area contributed by atoms with Crippen LogP contribution in [0.25, 0.3) is 0 Å². The monoisotopic (exact) mass is 278 g/mol. The van der Waals surface area contributed by atoms with Gasteiger partial charge in [0.2, 0.25) is 0 Å². The first-order chi connectivity index (χ1) is 9.35. The molecule has 0 aliphatic heterocycles. The summed E-state index contributed by atoms with van der Waals surface area (Å²) in [5.74, 6) is -0.0458.